The quantitative estimate of drug-likeness (QED) is 0.0353. The minimum Gasteiger partial charge on any atom is -0.481 e. The number of aliphatic carboxylic acids is 2. The number of carboxylic acid groups (broad SMARTS) is 2. The van der Waals surface area contributed by atoms with E-state index >= 15 is 14.4 Å². The van der Waals surface area contributed by atoms with Crippen LogP contribution in [0.1, 0.15) is 521 Å². The van der Waals surface area contributed by atoms with E-state index in [2.05, 4.69) is 13.8 Å². The number of unbranched alkanes of at least 4 members (excludes halogenated alkanes) is 28. The van der Waals surface area contributed by atoms with Gasteiger partial charge in [0, 0.05) is 12.8 Å². The molecule has 0 aromatic rings. The molecule has 0 aromatic heterocycles. The van der Waals surface area contributed by atoms with Crippen molar-refractivity contribution >= 4 is 52.7 Å². The van der Waals surface area contributed by atoms with Crippen LogP contribution in [0, 0.1) is 5.92 Å². The molecule has 0 atom stereocenters. The summed E-state index contributed by atoms with van der Waals surface area (Å²) in [5, 5.41) is 17.0. The summed E-state index contributed by atoms with van der Waals surface area (Å²) in [4.78, 5) is 72.1. The largest absolute Gasteiger partial charge is 2.00 e. The van der Waals surface area contributed by atoms with Crippen LogP contribution in [-0.4, -0.2) is 131 Å². The standard InChI is InChI=1S/C60H104N3O3.2C18H36O2.Mg/c64-58(61(49-28-10-1-11-29-49,50-30-12-2-13-31-50)51-32-14-3-15-33-51)46-48(60(66)63(55-40-22-7-23-41-55,56-42-24-8-25-43-56)57-44-26-9-27-45-57)47-59(65)62(52-34-16-4-17-35-52,53-36-18-5-19-37-53)54-38-20-6-21-39-54;2*1-2-3-4-5-6-7-8-9-10-11-12-13-14-15-16-17-18(19)20;/h48-57H,1-47H2;2*2-17H2,1H3,(H,19,20);/q+3;;;+2. The van der Waals surface area contributed by atoms with Crippen molar-refractivity contribution in [3.8, 4) is 0 Å². The second-order valence-electron chi connectivity index (χ2n) is 37.5. The Morgan fingerprint density at radius 2 is 0.383 bits per heavy atom. The molecule has 9 aliphatic carbocycles. The van der Waals surface area contributed by atoms with Crippen LogP contribution < -0.4 is 0 Å². The molecule has 0 radical (unpaired) electrons. The summed E-state index contributed by atoms with van der Waals surface area (Å²) < 4.78 is 2.14. The third-order valence-corrected chi connectivity index (χ3v) is 30.0. The van der Waals surface area contributed by atoms with Crippen molar-refractivity contribution in [3.05, 3.63) is 0 Å². The molecule has 614 valence electrons. The minimum absolute atomic E-state index is 0. The third-order valence-electron chi connectivity index (χ3n) is 30.0. The van der Waals surface area contributed by atoms with E-state index in [9.17, 15) is 9.59 Å². The molecule has 9 aliphatic rings. The van der Waals surface area contributed by atoms with Gasteiger partial charge in [0.1, 0.15) is 0 Å². The van der Waals surface area contributed by atoms with Crippen molar-refractivity contribution in [2.24, 2.45) is 5.92 Å². The summed E-state index contributed by atoms with van der Waals surface area (Å²) in [6.45, 7) is 4.54. The molecule has 10 nitrogen and oxygen atoms in total. The van der Waals surface area contributed by atoms with Crippen molar-refractivity contribution in [1.82, 2.24) is 0 Å². The number of nitrogens with zero attached hydrogens (tertiary/aromatic N) is 3. The number of hydrogen-bond acceptors (Lipinski definition) is 5. The van der Waals surface area contributed by atoms with Gasteiger partial charge in [-0.25, -0.2) is 14.4 Å². The maximum absolute atomic E-state index is 17.5. The Morgan fingerprint density at radius 3 is 0.542 bits per heavy atom. The Morgan fingerprint density at radius 1 is 0.234 bits per heavy atom. The molecule has 2 N–H and O–H groups in total. The first-order valence-electron chi connectivity index (χ1n) is 48.7. The molecule has 9 fully saturated rings. The zero-order valence-electron chi connectivity index (χ0n) is 71.1. The summed E-state index contributed by atoms with van der Waals surface area (Å²) in [6, 6.07) is 3.52. The van der Waals surface area contributed by atoms with E-state index < -0.39 is 17.9 Å². The Kier molecular flexibility index (Phi) is 50.1. The number of rotatable bonds is 46. The number of amides is 3. The molecule has 3 amide bonds. The molecule has 9 saturated carbocycles. The average Bonchev–Trinajstić information content (AvgIpc) is 0.732. The Hall–Kier alpha value is -1.40. The molecule has 0 spiro atoms. The van der Waals surface area contributed by atoms with Crippen LogP contribution in [0.25, 0.3) is 0 Å². The predicted molar refractivity (Wildman–Crippen MR) is 451 cm³/mol. The fourth-order valence-corrected chi connectivity index (χ4v) is 24.6. The van der Waals surface area contributed by atoms with E-state index in [1.54, 1.807) is 0 Å². The average molecular weight is 1510 g/mol. The summed E-state index contributed by atoms with van der Waals surface area (Å²) in [5.41, 5.74) is 0. The van der Waals surface area contributed by atoms with E-state index in [-0.39, 0.29) is 23.1 Å². The molecule has 0 aromatic carbocycles. The van der Waals surface area contributed by atoms with E-state index in [0.717, 1.165) is 34.6 Å². The molecule has 0 saturated heterocycles. The van der Waals surface area contributed by atoms with Crippen molar-refractivity contribution < 1.29 is 47.6 Å². The van der Waals surface area contributed by atoms with Gasteiger partial charge in [-0.05, 0) is 244 Å². The van der Waals surface area contributed by atoms with Crippen molar-refractivity contribution in [2.75, 3.05) is 0 Å². The van der Waals surface area contributed by atoms with Gasteiger partial charge in [0.15, 0.2) is 0 Å². The third kappa shape index (κ3) is 31.0. The monoisotopic (exact) mass is 1510 g/mol. The van der Waals surface area contributed by atoms with Crippen LogP contribution >= 0.6 is 0 Å². The van der Waals surface area contributed by atoms with Crippen LogP contribution in [0.3, 0.4) is 0 Å². The fourth-order valence-electron chi connectivity index (χ4n) is 24.6. The topological polar surface area (TPSA) is 126 Å². The maximum atomic E-state index is 17.5. The van der Waals surface area contributed by atoms with Crippen LogP contribution in [-0.2, 0) is 24.0 Å². The molecule has 0 unspecified atom stereocenters. The zero-order chi connectivity index (χ0) is 75.0. The summed E-state index contributed by atoms with van der Waals surface area (Å²) in [7, 11) is 0. The smallest absolute Gasteiger partial charge is 0.481 e. The molecule has 0 aliphatic heterocycles. The molecule has 9 rings (SSSR count). The van der Waals surface area contributed by atoms with Crippen molar-refractivity contribution in [3.63, 3.8) is 0 Å². The molecule has 107 heavy (non-hydrogen) atoms. The van der Waals surface area contributed by atoms with Gasteiger partial charge in [-0.1, -0.05) is 251 Å². The summed E-state index contributed by atoms with van der Waals surface area (Å²) >= 11 is 0. The van der Waals surface area contributed by atoms with Crippen LogP contribution in [0.4, 0.5) is 0 Å². The second-order valence-corrected chi connectivity index (χ2v) is 37.5. The van der Waals surface area contributed by atoms with Gasteiger partial charge in [0.2, 0.25) is 0 Å². The van der Waals surface area contributed by atoms with E-state index in [1.807, 2.05) is 0 Å². The molecular formula is C96H176MgN3O7+5. The van der Waals surface area contributed by atoms with Gasteiger partial charge in [-0.15, -0.1) is 0 Å². The van der Waals surface area contributed by atoms with Gasteiger partial charge < -0.3 is 10.2 Å². The van der Waals surface area contributed by atoms with Gasteiger partial charge in [0.05, 0.1) is 73.1 Å². The van der Waals surface area contributed by atoms with Crippen LogP contribution in [0.15, 0.2) is 0 Å². The first-order valence-corrected chi connectivity index (χ1v) is 48.7. The first kappa shape index (κ1) is 94.4. The summed E-state index contributed by atoms with van der Waals surface area (Å²) in [6.07, 6.45) is 96.7. The fraction of sp³-hybridized carbons (Fsp3) is 0.948. The van der Waals surface area contributed by atoms with Crippen LogP contribution in [0.5, 0.6) is 0 Å². The zero-order valence-corrected chi connectivity index (χ0v) is 72.5. The van der Waals surface area contributed by atoms with Crippen LogP contribution in [0.2, 0.25) is 0 Å². The normalized spacial score (nSPS) is 21.1. The number of carboxylic acids is 2. The van der Waals surface area contributed by atoms with E-state index in [4.69, 9.17) is 10.2 Å². The molecular weight excluding hydrogens is 1330 g/mol. The first-order chi connectivity index (χ1) is 52.1. The van der Waals surface area contributed by atoms with E-state index in [0.29, 0.717) is 102 Å². The Labute approximate surface area is 677 Å². The van der Waals surface area contributed by atoms with Gasteiger partial charge >= 0.3 is 52.7 Å². The number of quaternary nitrogens is 3. The van der Waals surface area contributed by atoms with Crippen molar-refractivity contribution in [1.29, 1.82) is 0 Å². The summed E-state index contributed by atoms with van der Waals surface area (Å²) in [5.74, 6) is -0.402. The minimum atomic E-state index is -0.653. The molecule has 0 heterocycles. The Bertz CT molecular complexity index is 2020. The predicted octanol–water partition coefficient (Wildman–Crippen LogP) is 27.7. The van der Waals surface area contributed by atoms with Gasteiger partial charge in [0.25, 0.3) is 0 Å². The second kappa shape index (κ2) is 56.8. The SMILES string of the molecule is CCCCCCCCCCCCCCCCCC(=O)O.CCCCCCCCCCCCCCCCCC(=O)O.O=C(CC(CC(=O)[N+](C1CCCCC1)(C1CCCCC1)C1CCCCC1)C(=O)[N+](C1CCCCC1)(C1CCCCC1)C1CCCCC1)[N+](C1CCCCC1)(C1CCCCC1)C1CCCCC1.[Mg+2]. The maximum Gasteiger partial charge on any atom is 2.00 e. The number of hydrogen-bond donors (Lipinski definition) is 2. The molecule has 11 heteroatoms. The number of carbonyl (C=O) groups excluding carboxylic acids is 3. The number of carbonyl (C=O) groups is 5. The molecule has 0 bridgehead atoms. The van der Waals surface area contributed by atoms with Crippen molar-refractivity contribution in [2.45, 2.75) is 575 Å². The van der Waals surface area contributed by atoms with Gasteiger partial charge in [-0.2, -0.15) is 0 Å². The van der Waals surface area contributed by atoms with E-state index in [1.165, 1.54) is 456 Å². The Balaban J connectivity index is 0.000000359. The van der Waals surface area contributed by atoms with Gasteiger partial charge in [-0.3, -0.25) is 23.0 Å².